The third kappa shape index (κ3) is 4.14. The molecule has 1 aliphatic heterocycles. The highest BCUT2D eigenvalue weighted by molar-refractivity contribution is 8.18. The molecule has 1 aromatic carbocycles. The zero-order valence-electron chi connectivity index (χ0n) is 13.0. The zero-order chi connectivity index (χ0) is 16.4. The van der Waals surface area contributed by atoms with Crippen molar-refractivity contribution >= 4 is 39.3 Å². The van der Waals surface area contributed by atoms with Gasteiger partial charge < -0.3 is 0 Å². The molecule has 0 bridgehead atoms. The maximum Gasteiger partial charge on any atom is 0.276 e. The highest BCUT2D eigenvalue weighted by Crippen LogP contribution is 2.44. The monoisotopic (exact) mass is 368 g/mol. The summed E-state index contributed by atoms with van der Waals surface area (Å²) < 4.78 is 25.0. The standard InChI is InChI=1S/C16H20N2O2S3/c1-11-4-6-13(7-5-11)23(19,20)18-17-15(14-10-12(14)2)16-21-8-3-9-22-16/h4-7,14,16,18H,2-3,8-10H2,1H3/b17-15+. The molecule has 2 fully saturated rings. The number of hydrogen-bond donors (Lipinski definition) is 1. The Labute approximate surface area is 146 Å². The van der Waals surface area contributed by atoms with Gasteiger partial charge in [-0.25, -0.2) is 4.83 Å². The van der Waals surface area contributed by atoms with Gasteiger partial charge in [0, 0.05) is 5.92 Å². The Balaban J connectivity index is 1.79. The molecule has 0 amide bonds. The zero-order valence-corrected chi connectivity index (χ0v) is 15.4. The molecule has 1 heterocycles. The molecule has 1 unspecified atom stereocenters. The second kappa shape index (κ2) is 6.91. The van der Waals surface area contributed by atoms with Crippen molar-refractivity contribution in [2.75, 3.05) is 11.5 Å². The molecular weight excluding hydrogens is 348 g/mol. The third-order valence-electron chi connectivity index (χ3n) is 3.85. The first-order chi connectivity index (χ1) is 11.0. The van der Waals surface area contributed by atoms with Gasteiger partial charge in [-0.05, 0) is 43.4 Å². The van der Waals surface area contributed by atoms with Crippen LogP contribution in [-0.2, 0) is 10.0 Å². The van der Waals surface area contributed by atoms with E-state index >= 15 is 0 Å². The summed E-state index contributed by atoms with van der Waals surface area (Å²) in [6, 6.07) is 6.78. The normalized spacial score (nSPS) is 22.9. The second-order valence-electron chi connectivity index (χ2n) is 5.79. The van der Waals surface area contributed by atoms with Gasteiger partial charge in [0.25, 0.3) is 10.0 Å². The number of hydrazone groups is 1. The van der Waals surface area contributed by atoms with Gasteiger partial charge in [0.1, 0.15) is 0 Å². The lowest BCUT2D eigenvalue weighted by atomic mass is 10.2. The molecule has 0 spiro atoms. The van der Waals surface area contributed by atoms with Crippen molar-refractivity contribution in [3.8, 4) is 0 Å². The van der Waals surface area contributed by atoms with Crippen LogP contribution in [-0.4, -0.2) is 30.2 Å². The topological polar surface area (TPSA) is 58.5 Å². The van der Waals surface area contributed by atoms with E-state index in [4.69, 9.17) is 0 Å². The van der Waals surface area contributed by atoms with Crippen LogP contribution in [0.3, 0.4) is 0 Å². The van der Waals surface area contributed by atoms with Crippen molar-refractivity contribution < 1.29 is 8.42 Å². The van der Waals surface area contributed by atoms with Gasteiger partial charge in [-0.3, -0.25) is 0 Å². The molecule has 1 aliphatic carbocycles. The minimum Gasteiger partial charge on any atom is -0.200 e. The van der Waals surface area contributed by atoms with E-state index < -0.39 is 10.0 Å². The number of nitrogens with one attached hydrogen (secondary N) is 1. The summed E-state index contributed by atoms with van der Waals surface area (Å²) in [5.74, 6) is 2.43. The van der Waals surface area contributed by atoms with Crippen LogP contribution in [0.15, 0.2) is 46.4 Å². The van der Waals surface area contributed by atoms with Crippen LogP contribution in [0.25, 0.3) is 0 Å². The number of benzene rings is 1. The molecule has 23 heavy (non-hydrogen) atoms. The molecule has 1 saturated heterocycles. The van der Waals surface area contributed by atoms with Crippen molar-refractivity contribution in [3.63, 3.8) is 0 Å². The van der Waals surface area contributed by atoms with Gasteiger partial charge in [0.15, 0.2) is 0 Å². The summed E-state index contributed by atoms with van der Waals surface area (Å²) in [6.45, 7) is 5.93. The van der Waals surface area contributed by atoms with Crippen LogP contribution in [0.5, 0.6) is 0 Å². The lowest BCUT2D eigenvalue weighted by Gasteiger charge is -2.22. The predicted molar refractivity (Wildman–Crippen MR) is 99.5 cm³/mol. The quantitative estimate of drug-likeness (QED) is 0.492. The Hall–Kier alpha value is -0.920. The Bertz CT molecular complexity index is 720. The van der Waals surface area contributed by atoms with Crippen LogP contribution in [0.2, 0.25) is 0 Å². The number of sulfonamides is 1. The van der Waals surface area contributed by atoms with Crippen LogP contribution >= 0.6 is 23.5 Å². The third-order valence-corrected chi connectivity index (χ3v) is 8.03. The van der Waals surface area contributed by atoms with Crippen molar-refractivity contribution in [1.82, 2.24) is 4.83 Å². The molecule has 7 heteroatoms. The highest BCUT2D eigenvalue weighted by Gasteiger charge is 2.38. The van der Waals surface area contributed by atoms with Crippen LogP contribution in [0.4, 0.5) is 0 Å². The highest BCUT2D eigenvalue weighted by atomic mass is 32.2. The van der Waals surface area contributed by atoms with Crippen LogP contribution < -0.4 is 4.83 Å². The lowest BCUT2D eigenvalue weighted by Crippen LogP contribution is -2.26. The van der Waals surface area contributed by atoms with E-state index in [2.05, 4.69) is 16.5 Å². The summed E-state index contributed by atoms with van der Waals surface area (Å²) in [5, 5.41) is 4.31. The van der Waals surface area contributed by atoms with Crippen molar-refractivity contribution in [2.45, 2.75) is 29.2 Å². The van der Waals surface area contributed by atoms with Crippen molar-refractivity contribution in [2.24, 2.45) is 11.0 Å². The molecule has 1 aromatic rings. The van der Waals surface area contributed by atoms with E-state index in [1.54, 1.807) is 24.3 Å². The SMILES string of the molecule is C=C1CC1/C(=N\NS(=O)(=O)c1ccc(C)cc1)C1SCCCS1. The number of aryl methyl sites for hydroxylation is 1. The van der Waals surface area contributed by atoms with Gasteiger partial charge >= 0.3 is 0 Å². The molecule has 0 radical (unpaired) electrons. The fourth-order valence-corrected chi connectivity index (χ4v) is 6.15. The molecule has 1 N–H and O–H groups in total. The second-order valence-corrected chi connectivity index (χ2v) is 10.2. The first-order valence-electron chi connectivity index (χ1n) is 7.54. The minimum absolute atomic E-state index is 0.230. The average Bonchev–Trinajstić information content (AvgIpc) is 3.25. The van der Waals surface area contributed by atoms with E-state index in [-0.39, 0.29) is 15.4 Å². The summed E-state index contributed by atoms with van der Waals surface area (Å²) in [6.07, 6.45) is 2.11. The fraction of sp³-hybridized carbons (Fsp3) is 0.438. The van der Waals surface area contributed by atoms with Gasteiger partial charge in [-0.15, -0.1) is 23.5 Å². The lowest BCUT2D eigenvalue weighted by molar-refractivity contribution is 0.584. The molecule has 3 rings (SSSR count). The molecule has 4 nitrogen and oxygen atoms in total. The summed E-state index contributed by atoms with van der Waals surface area (Å²) in [5.41, 5.74) is 3.09. The molecule has 1 saturated carbocycles. The number of rotatable bonds is 5. The Morgan fingerprint density at radius 1 is 1.26 bits per heavy atom. The van der Waals surface area contributed by atoms with Gasteiger partial charge in [0.05, 0.1) is 15.2 Å². The molecule has 0 aromatic heterocycles. The Morgan fingerprint density at radius 3 is 2.43 bits per heavy atom. The van der Waals surface area contributed by atoms with E-state index in [1.807, 2.05) is 30.4 Å². The van der Waals surface area contributed by atoms with Crippen molar-refractivity contribution in [3.05, 3.63) is 42.0 Å². The maximum atomic E-state index is 12.4. The number of nitrogens with zero attached hydrogens (tertiary/aromatic N) is 1. The van der Waals surface area contributed by atoms with Gasteiger partial charge in [-0.1, -0.05) is 29.8 Å². The number of hydrogen-bond acceptors (Lipinski definition) is 5. The predicted octanol–water partition coefficient (Wildman–Crippen LogP) is 3.40. The first-order valence-corrected chi connectivity index (χ1v) is 11.1. The molecule has 1 atom stereocenters. The van der Waals surface area contributed by atoms with Gasteiger partial charge in [0.2, 0.25) is 0 Å². The Morgan fingerprint density at radius 2 is 1.87 bits per heavy atom. The molecule has 2 aliphatic rings. The maximum absolute atomic E-state index is 12.4. The van der Waals surface area contributed by atoms with Gasteiger partial charge in [-0.2, -0.15) is 13.5 Å². The smallest absolute Gasteiger partial charge is 0.200 e. The largest absolute Gasteiger partial charge is 0.276 e. The van der Waals surface area contributed by atoms with E-state index in [0.29, 0.717) is 0 Å². The number of allylic oxidation sites excluding steroid dienone is 1. The van der Waals surface area contributed by atoms with E-state index in [0.717, 1.165) is 34.8 Å². The summed E-state index contributed by atoms with van der Waals surface area (Å²) in [4.78, 5) is 2.67. The van der Waals surface area contributed by atoms with Crippen LogP contribution in [0.1, 0.15) is 18.4 Å². The number of thioether (sulfide) groups is 2. The first kappa shape index (κ1) is 16.9. The van der Waals surface area contributed by atoms with Crippen molar-refractivity contribution in [1.29, 1.82) is 0 Å². The van der Waals surface area contributed by atoms with E-state index in [1.165, 1.54) is 6.42 Å². The fourth-order valence-electron chi connectivity index (χ4n) is 2.35. The van der Waals surface area contributed by atoms with E-state index in [9.17, 15) is 8.42 Å². The average molecular weight is 369 g/mol. The Kier molecular flexibility index (Phi) is 5.08. The molecule has 124 valence electrons. The minimum atomic E-state index is -3.62. The molecular formula is C16H20N2O2S3. The van der Waals surface area contributed by atoms with Crippen LogP contribution in [0, 0.1) is 12.8 Å². The summed E-state index contributed by atoms with van der Waals surface area (Å²) >= 11 is 3.69. The summed E-state index contributed by atoms with van der Waals surface area (Å²) in [7, 11) is -3.62.